The Morgan fingerprint density at radius 2 is 1.77 bits per heavy atom. The molecule has 10 nitrogen and oxygen atoms in total. The van der Waals surface area contributed by atoms with E-state index in [1.807, 2.05) is 19.1 Å². The summed E-state index contributed by atoms with van der Waals surface area (Å²) in [6, 6.07) is 9.85. The van der Waals surface area contributed by atoms with Gasteiger partial charge in [-0.1, -0.05) is 17.4 Å². The highest BCUT2D eigenvalue weighted by Gasteiger charge is 2.29. The van der Waals surface area contributed by atoms with Crippen molar-refractivity contribution in [3.8, 4) is 5.75 Å². The van der Waals surface area contributed by atoms with Crippen LogP contribution in [0.3, 0.4) is 0 Å². The summed E-state index contributed by atoms with van der Waals surface area (Å²) in [6.45, 7) is 3.90. The number of carbonyl (C=O) groups excluding carboxylic acids is 1. The summed E-state index contributed by atoms with van der Waals surface area (Å²) in [5.41, 5.74) is 2.10. The molecule has 1 fully saturated rings. The lowest BCUT2D eigenvalue weighted by Crippen LogP contribution is -2.38. The van der Waals surface area contributed by atoms with E-state index < -0.39 is 10.0 Å². The van der Waals surface area contributed by atoms with Gasteiger partial charge < -0.3 is 18.9 Å². The Labute approximate surface area is 233 Å². The van der Waals surface area contributed by atoms with E-state index in [0.717, 1.165) is 23.1 Å². The number of aryl methyl sites for hydroxylation is 1. The number of methoxy groups -OCH3 is 3. The van der Waals surface area contributed by atoms with Crippen LogP contribution in [0.5, 0.6) is 5.75 Å². The number of ether oxygens (including phenoxy) is 4. The largest absolute Gasteiger partial charge is 0.494 e. The maximum Gasteiger partial charge on any atom is 0.260 e. The highest BCUT2D eigenvalue weighted by atomic mass is 32.2. The zero-order valence-electron chi connectivity index (χ0n) is 22.7. The van der Waals surface area contributed by atoms with Crippen LogP contribution in [0.25, 0.3) is 10.2 Å². The van der Waals surface area contributed by atoms with Gasteiger partial charge in [0.25, 0.3) is 5.91 Å². The summed E-state index contributed by atoms with van der Waals surface area (Å²) in [5.74, 6) is 0.365. The average molecular weight is 578 g/mol. The van der Waals surface area contributed by atoms with E-state index in [-0.39, 0.29) is 43.2 Å². The highest BCUT2D eigenvalue weighted by molar-refractivity contribution is 7.89. The minimum atomic E-state index is -3.80. The lowest BCUT2D eigenvalue weighted by molar-refractivity contribution is 0.0917. The molecule has 0 spiro atoms. The van der Waals surface area contributed by atoms with E-state index in [2.05, 4.69) is 0 Å². The van der Waals surface area contributed by atoms with Crippen LogP contribution in [0.15, 0.2) is 41.3 Å². The zero-order chi connectivity index (χ0) is 28.0. The Hall–Kier alpha value is -2.61. The molecule has 0 N–H and O–H groups in total. The second-order valence-corrected chi connectivity index (χ2v) is 12.1. The molecule has 1 aliphatic rings. The van der Waals surface area contributed by atoms with Gasteiger partial charge in [0.05, 0.1) is 42.6 Å². The molecule has 2 heterocycles. The number of amides is 1. The lowest BCUT2D eigenvalue weighted by atomic mass is 10.2. The number of anilines is 1. The van der Waals surface area contributed by atoms with Crippen molar-refractivity contribution >= 4 is 42.6 Å². The average Bonchev–Trinajstić information content (AvgIpc) is 3.62. The summed E-state index contributed by atoms with van der Waals surface area (Å²) in [4.78, 5) is 20.4. The van der Waals surface area contributed by atoms with Crippen molar-refractivity contribution in [2.45, 2.75) is 30.8 Å². The standard InChI is InChI=1S/C27H35N3O7S2/c1-19-7-12-23(36-4)24-25(19)38-27(28-24)30(18-21-6-5-15-37-21)26(31)20-8-10-22(11-9-20)39(32,33)29(13-16-34-2)14-17-35-3/h7-12,21H,5-6,13-18H2,1-4H3. The molecule has 1 atom stereocenters. The smallest absolute Gasteiger partial charge is 0.260 e. The fraction of sp³-hybridized carbons (Fsp3) is 0.481. The molecule has 0 bridgehead atoms. The number of fused-ring (bicyclic) bond motifs is 1. The normalized spacial score (nSPS) is 15.8. The summed E-state index contributed by atoms with van der Waals surface area (Å²) in [7, 11) is 0.833. The molecule has 1 saturated heterocycles. The Bertz CT molecular complexity index is 1360. The van der Waals surface area contributed by atoms with Crippen LogP contribution in [0, 0.1) is 6.92 Å². The minimum absolute atomic E-state index is 0.0947. The van der Waals surface area contributed by atoms with Crippen molar-refractivity contribution < 1.29 is 32.2 Å². The quantitative estimate of drug-likeness (QED) is 0.303. The van der Waals surface area contributed by atoms with Gasteiger partial charge in [0.15, 0.2) is 5.13 Å². The predicted octanol–water partition coefficient (Wildman–Crippen LogP) is 3.72. The number of sulfonamides is 1. The van der Waals surface area contributed by atoms with Crippen LogP contribution in [0.1, 0.15) is 28.8 Å². The third-order valence-corrected chi connectivity index (χ3v) is 9.75. The van der Waals surface area contributed by atoms with Gasteiger partial charge in [0.2, 0.25) is 10.0 Å². The molecule has 0 saturated carbocycles. The predicted molar refractivity (Wildman–Crippen MR) is 151 cm³/mol. The monoisotopic (exact) mass is 577 g/mol. The Kier molecular flexibility index (Phi) is 9.91. The first-order chi connectivity index (χ1) is 18.8. The molecule has 212 valence electrons. The number of carbonyl (C=O) groups is 1. The second kappa shape index (κ2) is 13.2. The third kappa shape index (κ3) is 6.59. The fourth-order valence-corrected chi connectivity index (χ4v) is 6.90. The SMILES string of the molecule is COCCN(CCOC)S(=O)(=O)c1ccc(C(=O)N(CC2CCCO2)c2nc3c(OC)ccc(C)c3s2)cc1. The summed E-state index contributed by atoms with van der Waals surface area (Å²) < 4.78 is 50.3. The molecule has 12 heteroatoms. The number of hydrogen-bond donors (Lipinski definition) is 0. The van der Waals surface area contributed by atoms with Gasteiger partial charge >= 0.3 is 0 Å². The van der Waals surface area contributed by atoms with Gasteiger partial charge in [-0.3, -0.25) is 9.69 Å². The molecule has 1 aromatic heterocycles. The topological polar surface area (TPSA) is 108 Å². The van der Waals surface area contributed by atoms with Gasteiger partial charge in [0.1, 0.15) is 11.3 Å². The molecule has 3 aromatic rings. The van der Waals surface area contributed by atoms with Gasteiger partial charge in [-0.2, -0.15) is 4.31 Å². The van der Waals surface area contributed by atoms with Crippen molar-refractivity contribution in [2.24, 2.45) is 0 Å². The molecule has 0 radical (unpaired) electrons. The number of aromatic nitrogens is 1. The van der Waals surface area contributed by atoms with E-state index in [1.54, 1.807) is 24.1 Å². The first-order valence-corrected chi connectivity index (χ1v) is 15.0. The maximum atomic E-state index is 13.8. The van der Waals surface area contributed by atoms with Crippen molar-refractivity contribution in [1.82, 2.24) is 9.29 Å². The fourth-order valence-electron chi connectivity index (χ4n) is 4.43. The molecule has 1 amide bonds. The second-order valence-electron chi connectivity index (χ2n) is 9.22. The third-order valence-electron chi connectivity index (χ3n) is 6.63. The van der Waals surface area contributed by atoms with Gasteiger partial charge in [0, 0.05) is 39.5 Å². The molecule has 4 rings (SSSR count). The molecular weight excluding hydrogens is 542 g/mol. The molecule has 2 aromatic carbocycles. The van der Waals surface area contributed by atoms with Gasteiger partial charge in [-0.05, 0) is 55.7 Å². The van der Waals surface area contributed by atoms with Crippen LogP contribution in [0.4, 0.5) is 5.13 Å². The van der Waals surface area contributed by atoms with Crippen LogP contribution >= 0.6 is 11.3 Å². The molecular formula is C27H35N3O7S2. The van der Waals surface area contributed by atoms with E-state index in [1.165, 1.54) is 42.0 Å². The van der Waals surface area contributed by atoms with Crippen molar-refractivity contribution in [3.05, 3.63) is 47.5 Å². The number of nitrogens with zero attached hydrogens (tertiary/aromatic N) is 3. The summed E-state index contributed by atoms with van der Waals surface area (Å²) in [5, 5.41) is 0.542. The van der Waals surface area contributed by atoms with Crippen LogP contribution in [-0.2, 0) is 24.2 Å². The Morgan fingerprint density at radius 3 is 2.36 bits per heavy atom. The van der Waals surface area contributed by atoms with E-state index >= 15 is 0 Å². The maximum absolute atomic E-state index is 13.8. The first-order valence-electron chi connectivity index (χ1n) is 12.8. The first kappa shape index (κ1) is 29.4. The zero-order valence-corrected chi connectivity index (χ0v) is 24.3. The van der Waals surface area contributed by atoms with Crippen molar-refractivity contribution in [1.29, 1.82) is 0 Å². The number of thiazole rings is 1. The van der Waals surface area contributed by atoms with Crippen LogP contribution < -0.4 is 9.64 Å². The molecule has 0 aliphatic carbocycles. The van der Waals surface area contributed by atoms with E-state index in [9.17, 15) is 13.2 Å². The van der Waals surface area contributed by atoms with Gasteiger partial charge in [-0.15, -0.1) is 0 Å². The highest BCUT2D eigenvalue weighted by Crippen LogP contribution is 2.37. The van der Waals surface area contributed by atoms with Crippen molar-refractivity contribution in [2.75, 3.05) is 65.7 Å². The number of benzene rings is 2. The van der Waals surface area contributed by atoms with Crippen LogP contribution in [0.2, 0.25) is 0 Å². The molecule has 39 heavy (non-hydrogen) atoms. The summed E-state index contributed by atoms with van der Waals surface area (Å²) in [6.07, 6.45) is 1.69. The lowest BCUT2D eigenvalue weighted by Gasteiger charge is -2.24. The summed E-state index contributed by atoms with van der Waals surface area (Å²) >= 11 is 1.43. The van der Waals surface area contributed by atoms with Gasteiger partial charge in [-0.25, -0.2) is 13.4 Å². The van der Waals surface area contributed by atoms with E-state index in [4.69, 9.17) is 23.9 Å². The molecule has 1 aliphatic heterocycles. The number of hydrogen-bond acceptors (Lipinski definition) is 9. The van der Waals surface area contributed by atoms with E-state index in [0.29, 0.717) is 35.1 Å². The van der Waals surface area contributed by atoms with Crippen LogP contribution in [-0.4, -0.2) is 90.5 Å². The Morgan fingerprint density at radius 1 is 1.08 bits per heavy atom. The molecule has 1 unspecified atom stereocenters. The number of rotatable bonds is 13. The minimum Gasteiger partial charge on any atom is -0.494 e. The Balaban J connectivity index is 1.65. The van der Waals surface area contributed by atoms with Crippen molar-refractivity contribution in [3.63, 3.8) is 0 Å².